The molecule has 20 heavy (non-hydrogen) atoms. The number of rotatable bonds is 2. The minimum Gasteiger partial charge on any atom is -0.389 e. The van der Waals surface area contributed by atoms with Crippen LogP contribution in [0.15, 0.2) is 18.2 Å². The molecule has 0 saturated heterocycles. The van der Waals surface area contributed by atoms with Crippen molar-refractivity contribution in [3.05, 3.63) is 34.3 Å². The zero-order valence-electron chi connectivity index (χ0n) is 12.4. The Balaban J connectivity index is 2.31. The Hall–Kier alpha value is -1.04. The minimum absolute atomic E-state index is 0.106. The molecule has 1 saturated carbocycles. The van der Waals surface area contributed by atoms with Gasteiger partial charge in [0.2, 0.25) is 0 Å². The fourth-order valence-corrected chi connectivity index (χ4v) is 3.70. The van der Waals surface area contributed by atoms with Gasteiger partial charge in [0.25, 0.3) is 0 Å². The van der Waals surface area contributed by atoms with E-state index in [9.17, 15) is 5.11 Å². The number of aliphatic hydroxyl groups is 1. The van der Waals surface area contributed by atoms with Gasteiger partial charge in [-0.3, -0.25) is 0 Å². The van der Waals surface area contributed by atoms with Gasteiger partial charge in [0.1, 0.15) is 6.07 Å². The summed E-state index contributed by atoms with van der Waals surface area (Å²) in [7, 11) is 0. The fraction of sp³-hybridized carbons (Fsp3) is 0.588. The van der Waals surface area contributed by atoms with Crippen molar-refractivity contribution < 1.29 is 5.11 Å². The lowest BCUT2D eigenvalue weighted by atomic mass is 9.59. The van der Waals surface area contributed by atoms with Gasteiger partial charge in [-0.25, -0.2) is 0 Å². The molecule has 2 atom stereocenters. The quantitative estimate of drug-likeness (QED) is 0.881. The van der Waals surface area contributed by atoms with Crippen LogP contribution >= 0.6 is 11.6 Å². The molecule has 1 aliphatic carbocycles. The van der Waals surface area contributed by atoms with Gasteiger partial charge in [0, 0.05) is 6.42 Å². The molecule has 0 spiro atoms. The Bertz CT molecular complexity index is 546. The SMILES string of the molecule is C[C@@H]1CCCC(C)(C)[C@]1(O)Cc1ccc(C#N)c(Cl)c1. The topological polar surface area (TPSA) is 44.0 Å². The lowest BCUT2D eigenvalue weighted by Gasteiger charge is -2.51. The first kappa shape index (κ1) is 15.4. The standard InChI is InChI=1S/C17H22ClNO/c1-12-5-4-8-16(2,3)17(12,20)10-13-6-7-14(11-19)15(18)9-13/h6-7,9,12,20H,4-5,8,10H2,1-3H3/t12-,17+/m1/s1. The first-order valence-electron chi connectivity index (χ1n) is 7.21. The first-order chi connectivity index (χ1) is 9.30. The highest BCUT2D eigenvalue weighted by atomic mass is 35.5. The van der Waals surface area contributed by atoms with E-state index in [2.05, 4.69) is 26.8 Å². The monoisotopic (exact) mass is 291 g/mol. The molecule has 0 bridgehead atoms. The Morgan fingerprint density at radius 3 is 2.70 bits per heavy atom. The number of hydrogen-bond acceptors (Lipinski definition) is 2. The molecule has 1 aromatic carbocycles. The van der Waals surface area contributed by atoms with Crippen LogP contribution in [0, 0.1) is 22.7 Å². The van der Waals surface area contributed by atoms with Crippen LogP contribution in [-0.2, 0) is 6.42 Å². The summed E-state index contributed by atoms with van der Waals surface area (Å²) in [4.78, 5) is 0. The summed E-state index contributed by atoms with van der Waals surface area (Å²) in [6, 6.07) is 7.52. The maximum Gasteiger partial charge on any atom is 0.101 e. The maximum atomic E-state index is 11.2. The Labute approximate surface area is 126 Å². The third kappa shape index (κ3) is 2.57. The van der Waals surface area contributed by atoms with Crippen LogP contribution in [-0.4, -0.2) is 10.7 Å². The van der Waals surface area contributed by atoms with Gasteiger partial charge in [-0.05, 0) is 41.9 Å². The van der Waals surface area contributed by atoms with Gasteiger partial charge in [0.05, 0.1) is 16.2 Å². The van der Waals surface area contributed by atoms with Crippen molar-refractivity contribution in [2.24, 2.45) is 11.3 Å². The molecule has 0 heterocycles. The number of nitriles is 1. The lowest BCUT2D eigenvalue weighted by molar-refractivity contribution is -0.132. The summed E-state index contributed by atoms with van der Waals surface area (Å²) >= 11 is 6.10. The summed E-state index contributed by atoms with van der Waals surface area (Å²) < 4.78 is 0. The predicted octanol–water partition coefficient (Wildman–Crippen LogP) is 4.33. The molecule has 0 unspecified atom stereocenters. The second kappa shape index (κ2) is 5.39. The molecule has 108 valence electrons. The summed E-state index contributed by atoms with van der Waals surface area (Å²) in [6.45, 7) is 6.42. The lowest BCUT2D eigenvalue weighted by Crippen LogP contribution is -2.54. The third-order valence-corrected chi connectivity index (χ3v) is 5.37. The minimum atomic E-state index is -0.720. The van der Waals surface area contributed by atoms with Gasteiger partial charge in [-0.1, -0.05) is 44.9 Å². The van der Waals surface area contributed by atoms with Crippen molar-refractivity contribution in [1.29, 1.82) is 5.26 Å². The molecule has 0 aliphatic heterocycles. The van der Waals surface area contributed by atoms with E-state index < -0.39 is 5.60 Å². The Kier molecular flexibility index (Phi) is 4.14. The summed E-state index contributed by atoms with van der Waals surface area (Å²) in [6.07, 6.45) is 3.86. The van der Waals surface area contributed by atoms with Gasteiger partial charge >= 0.3 is 0 Å². The normalized spacial score (nSPS) is 28.9. The average Bonchev–Trinajstić information content (AvgIpc) is 2.36. The fourth-order valence-electron chi connectivity index (χ4n) is 3.46. The van der Waals surface area contributed by atoms with Crippen LogP contribution in [0.25, 0.3) is 0 Å². The van der Waals surface area contributed by atoms with E-state index in [4.69, 9.17) is 16.9 Å². The molecule has 2 nitrogen and oxygen atoms in total. The van der Waals surface area contributed by atoms with Crippen LogP contribution < -0.4 is 0 Å². The smallest absolute Gasteiger partial charge is 0.101 e. The van der Waals surface area contributed by atoms with Crippen molar-refractivity contribution >= 4 is 11.6 Å². The van der Waals surface area contributed by atoms with E-state index in [1.165, 1.54) is 6.42 Å². The molecule has 1 N–H and O–H groups in total. The zero-order chi connectivity index (χ0) is 15.0. The number of nitrogens with zero attached hydrogens (tertiary/aromatic N) is 1. The molecule has 0 radical (unpaired) electrons. The van der Waals surface area contributed by atoms with Gasteiger partial charge in [0.15, 0.2) is 0 Å². The summed E-state index contributed by atoms with van der Waals surface area (Å²) in [5.74, 6) is 0.265. The van der Waals surface area contributed by atoms with E-state index in [0.717, 1.165) is 18.4 Å². The average molecular weight is 292 g/mol. The van der Waals surface area contributed by atoms with Crippen LogP contribution in [0.2, 0.25) is 5.02 Å². The van der Waals surface area contributed by atoms with Gasteiger partial charge in [-0.2, -0.15) is 5.26 Å². The van der Waals surface area contributed by atoms with E-state index >= 15 is 0 Å². The zero-order valence-corrected chi connectivity index (χ0v) is 13.2. The van der Waals surface area contributed by atoms with Gasteiger partial charge in [-0.15, -0.1) is 0 Å². The Morgan fingerprint density at radius 2 is 2.15 bits per heavy atom. The van der Waals surface area contributed by atoms with Crippen molar-refractivity contribution in [3.63, 3.8) is 0 Å². The molecule has 0 aromatic heterocycles. The van der Waals surface area contributed by atoms with Gasteiger partial charge < -0.3 is 5.11 Å². The third-order valence-electron chi connectivity index (χ3n) is 5.05. The molecule has 2 rings (SSSR count). The van der Waals surface area contributed by atoms with E-state index in [-0.39, 0.29) is 11.3 Å². The maximum absolute atomic E-state index is 11.2. The molecular formula is C17H22ClNO. The molecule has 3 heteroatoms. The molecule has 0 amide bonds. The van der Waals surface area contributed by atoms with Crippen LogP contribution in [0.1, 0.15) is 51.2 Å². The second-order valence-electron chi connectivity index (χ2n) is 6.70. The largest absolute Gasteiger partial charge is 0.389 e. The van der Waals surface area contributed by atoms with Crippen molar-refractivity contribution in [3.8, 4) is 6.07 Å². The number of benzene rings is 1. The molecular weight excluding hydrogens is 270 g/mol. The molecule has 1 aromatic rings. The second-order valence-corrected chi connectivity index (χ2v) is 7.11. The van der Waals surface area contributed by atoms with Crippen LogP contribution in [0.3, 0.4) is 0 Å². The van der Waals surface area contributed by atoms with Crippen LogP contribution in [0.4, 0.5) is 0 Å². The van der Waals surface area contributed by atoms with E-state index in [1.54, 1.807) is 6.07 Å². The van der Waals surface area contributed by atoms with Crippen molar-refractivity contribution in [2.75, 3.05) is 0 Å². The highest BCUT2D eigenvalue weighted by Crippen LogP contribution is 2.48. The number of halogens is 1. The van der Waals surface area contributed by atoms with E-state index in [0.29, 0.717) is 17.0 Å². The van der Waals surface area contributed by atoms with Crippen LogP contribution in [0.5, 0.6) is 0 Å². The molecule has 1 aliphatic rings. The summed E-state index contributed by atoms with van der Waals surface area (Å²) in [5.41, 5.74) is 0.657. The van der Waals surface area contributed by atoms with Crippen molar-refractivity contribution in [1.82, 2.24) is 0 Å². The van der Waals surface area contributed by atoms with E-state index in [1.807, 2.05) is 12.1 Å². The first-order valence-corrected chi connectivity index (χ1v) is 7.59. The summed E-state index contributed by atoms with van der Waals surface area (Å²) in [5, 5.41) is 20.6. The molecule has 1 fully saturated rings. The Morgan fingerprint density at radius 1 is 1.45 bits per heavy atom. The highest BCUT2D eigenvalue weighted by molar-refractivity contribution is 6.31. The predicted molar refractivity (Wildman–Crippen MR) is 81.6 cm³/mol. The van der Waals surface area contributed by atoms with Crippen molar-refractivity contribution in [2.45, 2.75) is 52.1 Å². The number of hydrogen-bond donors (Lipinski definition) is 1. The highest BCUT2D eigenvalue weighted by Gasteiger charge is 2.49.